The first-order valence-corrected chi connectivity index (χ1v) is 4.53. The third-order valence-corrected chi connectivity index (χ3v) is 1.66. The van der Waals surface area contributed by atoms with Gasteiger partial charge in [0.05, 0.1) is 0 Å². The van der Waals surface area contributed by atoms with Crippen molar-refractivity contribution in [3.63, 3.8) is 0 Å². The Labute approximate surface area is 93.0 Å². The number of nitroso groups, excluding NO2 is 2. The summed E-state index contributed by atoms with van der Waals surface area (Å²) in [6.45, 7) is -0.0880. The predicted molar refractivity (Wildman–Crippen MR) is 61.5 cm³/mol. The van der Waals surface area contributed by atoms with Gasteiger partial charge in [0, 0.05) is 11.1 Å². The zero-order valence-electron chi connectivity index (χ0n) is 8.43. The number of nitrogens with zero attached hydrogens (tertiary/aromatic N) is 2. The molecule has 0 amide bonds. The molecule has 0 spiro atoms. The fraction of sp³-hybridized carbons (Fsp3) is 0.167. The van der Waals surface area contributed by atoms with E-state index in [9.17, 15) is 9.81 Å². The van der Waals surface area contributed by atoms with E-state index in [0.29, 0.717) is 11.1 Å². The summed E-state index contributed by atoms with van der Waals surface area (Å²) in [5.41, 5.74) is 1.43. The van der Waals surface area contributed by atoms with Crippen LogP contribution in [0, 0.1) is 33.5 Å². The van der Waals surface area contributed by atoms with Crippen LogP contribution in [0.5, 0.6) is 0 Å². The van der Waals surface area contributed by atoms with Gasteiger partial charge in [-0.3, -0.25) is 0 Å². The van der Waals surface area contributed by atoms with Gasteiger partial charge in [0.25, 0.3) is 0 Å². The summed E-state index contributed by atoms with van der Waals surface area (Å²) in [7, 11) is 0. The van der Waals surface area contributed by atoms with E-state index in [1.54, 1.807) is 12.1 Å². The first-order valence-electron chi connectivity index (χ1n) is 4.53. The molecule has 0 saturated heterocycles. The highest BCUT2D eigenvalue weighted by Gasteiger charge is 1.93. The zero-order chi connectivity index (χ0) is 11.6. The van der Waals surface area contributed by atoms with Crippen molar-refractivity contribution in [2.24, 2.45) is 10.4 Å². The molecule has 4 nitrogen and oxygen atoms in total. The van der Waals surface area contributed by atoms with Gasteiger partial charge in [-0.05, 0) is 12.1 Å². The van der Waals surface area contributed by atoms with E-state index in [-0.39, 0.29) is 13.1 Å². The van der Waals surface area contributed by atoms with E-state index in [1.807, 2.05) is 12.1 Å². The third-order valence-electron chi connectivity index (χ3n) is 1.66. The molecule has 0 N–H and O–H groups in total. The minimum Gasteiger partial charge on any atom is -0.150 e. The molecule has 78 valence electrons. The Morgan fingerprint density at radius 1 is 0.875 bits per heavy atom. The van der Waals surface area contributed by atoms with E-state index in [4.69, 9.17) is 0 Å². The van der Waals surface area contributed by atoms with Crippen LogP contribution in [0.4, 0.5) is 0 Å². The Bertz CT molecular complexity index is 454. The number of rotatable bonds is 2. The average molecular weight is 212 g/mol. The molecule has 0 saturated carbocycles. The van der Waals surface area contributed by atoms with Crippen LogP contribution >= 0.6 is 0 Å². The number of benzene rings is 1. The minimum absolute atomic E-state index is 0.0440. The molecule has 0 radical (unpaired) electrons. The highest BCUT2D eigenvalue weighted by molar-refractivity contribution is 5.50. The molecule has 0 fully saturated rings. The van der Waals surface area contributed by atoms with Gasteiger partial charge >= 0.3 is 0 Å². The lowest BCUT2D eigenvalue weighted by molar-refractivity contribution is 1.26. The lowest BCUT2D eigenvalue weighted by atomic mass is 10.1. The molecule has 4 heteroatoms. The van der Waals surface area contributed by atoms with Crippen molar-refractivity contribution < 1.29 is 0 Å². The van der Waals surface area contributed by atoms with Crippen molar-refractivity contribution in [2.45, 2.75) is 0 Å². The van der Waals surface area contributed by atoms with Gasteiger partial charge in [0.15, 0.2) is 0 Å². The van der Waals surface area contributed by atoms with Crippen LogP contribution in [0.3, 0.4) is 0 Å². The van der Waals surface area contributed by atoms with Crippen LogP contribution in [0.2, 0.25) is 0 Å². The molecular formula is C12H8N2O2. The normalized spacial score (nSPS) is 8.00. The first-order chi connectivity index (χ1) is 7.88. The Morgan fingerprint density at radius 3 is 1.69 bits per heavy atom. The molecule has 1 rings (SSSR count). The molecule has 0 unspecified atom stereocenters. The van der Waals surface area contributed by atoms with E-state index in [2.05, 4.69) is 34.0 Å². The van der Waals surface area contributed by atoms with Crippen LogP contribution in [0.25, 0.3) is 0 Å². The van der Waals surface area contributed by atoms with E-state index in [0.717, 1.165) is 0 Å². The quantitative estimate of drug-likeness (QED) is 0.555. The highest BCUT2D eigenvalue weighted by atomic mass is 16.3. The molecule has 0 aliphatic rings. The fourth-order valence-corrected chi connectivity index (χ4v) is 1.04. The standard InChI is InChI=1S/C12H8N2O2/c15-13-9-3-7-11-5-1-2-6-12(11)8-4-10-14-16/h1-2,5-6H,9-10H2. The predicted octanol–water partition coefficient (Wildman–Crippen LogP) is 1.92. The second-order valence-electron chi connectivity index (χ2n) is 2.72. The molecule has 0 aromatic heterocycles. The van der Waals surface area contributed by atoms with E-state index >= 15 is 0 Å². The third kappa shape index (κ3) is 3.73. The monoisotopic (exact) mass is 212 g/mol. The summed E-state index contributed by atoms with van der Waals surface area (Å²) in [5, 5.41) is 5.28. The minimum atomic E-state index is -0.0440. The van der Waals surface area contributed by atoms with Crippen LogP contribution in [-0.4, -0.2) is 13.1 Å². The van der Waals surface area contributed by atoms with Crippen molar-refractivity contribution in [1.82, 2.24) is 0 Å². The van der Waals surface area contributed by atoms with Crippen molar-refractivity contribution in [3.05, 3.63) is 45.2 Å². The Hall–Kier alpha value is -2.46. The molecule has 1 aromatic rings. The largest absolute Gasteiger partial charge is 0.150 e. The van der Waals surface area contributed by atoms with Crippen molar-refractivity contribution >= 4 is 0 Å². The lowest BCUT2D eigenvalue weighted by Crippen LogP contribution is -1.83. The second kappa shape index (κ2) is 6.92. The van der Waals surface area contributed by atoms with Gasteiger partial charge in [0.1, 0.15) is 13.1 Å². The Morgan fingerprint density at radius 2 is 1.31 bits per heavy atom. The van der Waals surface area contributed by atoms with Crippen molar-refractivity contribution in [3.8, 4) is 23.7 Å². The molecule has 16 heavy (non-hydrogen) atoms. The summed E-state index contributed by atoms with van der Waals surface area (Å²) in [4.78, 5) is 19.7. The molecular weight excluding hydrogens is 204 g/mol. The Kier molecular flexibility index (Phi) is 5.02. The molecule has 0 atom stereocenters. The van der Waals surface area contributed by atoms with Crippen molar-refractivity contribution in [2.75, 3.05) is 13.1 Å². The van der Waals surface area contributed by atoms with E-state index < -0.39 is 0 Å². The van der Waals surface area contributed by atoms with Crippen molar-refractivity contribution in [1.29, 1.82) is 0 Å². The second-order valence-corrected chi connectivity index (χ2v) is 2.72. The van der Waals surface area contributed by atoms with Crippen LogP contribution in [-0.2, 0) is 0 Å². The topological polar surface area (TPSA) is 58.9 Å². The summed E-state index contributed by atoms with van der Waals surface area (Å²) < 4.78 is 0. The lowest BCUT2D eigenvalue weighted by Gasteiger charge is -1.93. The SMILES string of the molecule is O=NCC#Cc1ccccc1C#CCN=O. The maximum Gasteiger partial charge on any atom is 0.142 e. The number of hydrogen-bond acceptors (Lipinski definition) is 4. The van der Waals surface area contributed by atoms with Crippen LogP contribution < -0.4 is 0 Å². The average Bonchev–Trinajstić information content (AvgIpc) is 2.32. The van der Waals surface area contributed by atoms with Gasteiger partial charge < -0.3 is 0 Å². The van der Waals surface area contributed by atoms with Gasteiger partial charge in [-0.15, -0.1) is 9.81 Å². The zero-order valence-corrected chi connectivity index (χ0v) is 8.43. The van der Waals surface area contributed by atoms with Crippen LogP contribution in [0.1, 0.15) is 11.1 Å². The van der Waals surface area contributed by atoms with Gasteiger partial charge in [-0.25, -0.2) is 0 Å². The van der Waals surface area contributed by atoms with E-state index in [1.165, 1.54) is 0 Å². The summed E-state index contributed by atoms with van der Waals surface area (Å²) in [6, 6.07) is 7.22. The van der Waals surface area contributed by atoms with Crippen LogP contribution in [0.15, 0.2) is 34.6 Å². The molecule has 1 aromatic carbocycles. The summed E-state index contributed by atoms with van der Waals surface area (Å²) in [5.74, 6) is 10.8. The maximum absolute atomic E-state index is 9.86. The maximum atomic E-state index is 9.86. The summed E-state index contributed by atoms with van der Waals surface area (Å²) >= 11 is 0. The first kappa shape index (κ1) is 11.6. The van der Waals surface area contributed by atoms with Gasteiger partial charge in [0.2, 0.25) is 0 Å². The molecule has 0 heterocycles. The smallest absolute Gasteiger partial charge is 0.142 e. The Balaban J connectivity index is 2.94. The van der Waals surface area contributed by atoms with Gasteiger partial charge in [-0.2, -0.15) is 0 Å². The van der Waals surface area contributed by atoms with Gasteiger partial charge in [-0.1, -0.05) is 46.2 Å². The fourth-order valence-electron chi connectivity index (χ4n) is 1.04. The molecule has 0 aliphatic heterocycles. The number of hydrogen-bond donors (Lipinski definition) is 0. The molecule has 0 bridgehead atoms. The molecule has 0 aliphatic carbocycles. The highest BCUT2D eigenvalue weighted by Crippen LogP contribution is 2.05. The summed E-state index contributed by atoms with van der Waals surface area (Å²) in [6.07, 6.45) is 0.